The quantitative estimate of drug-likeness (QED) is 0.851. The first-order valence-electron chi connectivity index (χ1n) is 7.09. The minimum Gasteiger partial charge on any atom is -0.377 e. The number of carbonyl (C=O) groups is 1. The van der Waals surface area contributed by atoms with Crippen LogP contribution in [0, 0.1) is 0 Å². The zero-order chi connectivity index (χ0) is 14.8. The summed E-state index contributed by atoms with van der Waals surface area (Å²) in [5, 5.41) is 3.93. The highest BCUT2D eigenvalue weighted by atomic mass is 16.5. The fourth-order valence-electron chi connectivity index (χ4n) is 2.65. The van der Waals surface area contributed by atoms with Gasteiger partial charge in [-0.1, -0.05) is 35.5 Å². The third-order valence-corrected chi connectivity index (χ3v) is 3.69. The predicted molar refractivity (Wildman–Crippen MR) is 77.9 cm³/mol. The zero-order valence-electron chi connectivity index (χ0n) is 12.2. The van der Waals surface area contributed by atoms with Crippen LogP contribution in [0.5, 0.6) is 0 Å². The van der Waals surface area contributed by atoms with E-state index in [0.717, 1.165) is 5.56 Å². The normalized spacial score (nSPS) is 22.3. The van der Waals surface area contributed by atoms with Crippen molar-refractivity contribution in [3.8, 4) is 11.3 Å². The van der Waals surface area contributed by atoms with Crippen LogP contribution in [0.3, 0.4) is 0 Å². The minimum absolute atomic E-state index is 0.0399. The first-order valence-corrected chi connectivity index (χ1v) is 7.09. The number of carbonyl (C=O) groups excluding carboxylic acids is 1. The average molecular weight is 286 g/mol. The molecule has 0 saturated carbocycles. The number of nitrogens with zero attached hydrogens (tertiary/aromatic N) is 2. The van der Waals surface area contributed by atoms with Gasteiger partial charge in [-0.25, -0.2) is 0 Å². The number of morpholine rings is 1. The fourth-order valence-corrected chi connectivity index (χ4v) is 2.65. The molecule has 1 aromatic carbocycles. The Morgan fingerprint density at radius 1 is 1.19 bits per heavy atom. The van der Waals surface area contributed by atoms with Gasteiger partial charge in [-0.2, -0.15) is 0 Å². The second kappa shape index (κ2) is 5.69. The molecule has 1 saturated heterocycles. The largest absolute Gasteiger partial charge is 0.377 e. The van der Waals surface area contributed by atoms with E-state index < -0.39 is 0 Å². The van der Waals surface area contributed by atoms with E-state index in [-0.39, 0.29) is 18.0 Å². The molecule has 1 aromatic heterocycles. The average Bonchev–Trinajstić information content (AvgIpc) is 2.97. The SMILES string of the molecule is CC1COCC(C)N1C(=O)c1cc(-c2ccccc2)on1. The van der Waals surface area contributed by atoms with Crippen molar-refractivity contribution in [3.63, 3.8) is 0 Å². The van der Waals surface area contributed by atoms with Gasteiger partial charge < -0.3 is 14.2 Å². The van der Waals surface area contributed by atoms with E-state index in [9.17, 15) is 4.79 Å². The Morgan fingerprint density at radius 2 is 1.86 bits per heavy atom. The number of hydrogen-bond donors (Lipinski definition) is 0. The molecular weight excluding hydrogens is 268 g/mol. The number of ether oxygens (including phenoxy) is 1. The number of benzene rings is 1. The smallest absolute Gasteiger partial charge is 0.276 e. The van der Waals surface area contributed by atoms with Crippen molar-refractivity contribution in [2.24, 2.45) is 0 Å². The van der Waals surface area contributed by atoms with Crippen molar-refractivity contribution in [2.75, 3.05) is 13.2 Å². The standard InChI is InChI=1S/C16H18N2O3/c1-11-9-20-10-12(2)18(11)16(19)14-8-15(21-17-14)13-6-4-3-5-7-13/h3-8,11-12H,9-10H2,1-2H3. The fraction of sp³-hybridized carbons (Fsp3) is 0.375. The molecule has 5 heteroatoms. The molecule has 21 heavy (non-hydrogen) atoms. The summed E-state index contributed by atoms with van der Waals surface area (Å²) in [6.07, 6.45) is 0. The van der Waals surface area contributed by atoms with E-state index >= 15 is 0 Å². The molecule has 2 heterocycles. The number of aromatic nitrogens is 1. The molecule has 2 aromatic rings. The van der Waals surface area contributed by atoms with Crippen LogP contribution in [0.15, 0.2) is 40.9 Å². The summed E-state index contributed by atoms with van der Waals surface area (Å²) in [6, 6.07) is 11.4. The number of rotatable bonds is 2. The van der Waals surface area contributed by atoms with Gasteiger partial charge in [-0.05, 0) is 13.8 Å². The summed E-state index contributed by atoms with van der Waals surface area (Å²) in [5.41, 5.74) is 1.25. The molecule has 0 bridgehead atoms. The summed E-state index contributed by atoms with van der Waals surface area (Å²) < 4.78 is 10.8. The molecule has 1 fully saturated rings. The van der Waals surface area contributed by atoms with Gasteiger partial charge >= 0.3 is 0 Å². The second-order valence-electron chi connectivity index (χ2n) is 5.39. The third-order valence-electron chi connectivity index (χ3n) is 3.69. The minimum atomic E-state index is -0.107. The van der Waals surface area contributed by atoms with Crippen LogP contribution in [0.1, 0.15) is 24.3 Å². The maximum atomic E-state index is 12.6. The van der Waals surface area contributed by atoms with Gasteiger partial charge in [0.15, 0.2) is 11.5 Å². The Labute approximate surface area is 123 Å². The van der Waals surface area contributed by atoms with Gasteiger partial charge in [0.25, 0.3) is 5.91 Å². The molecule has 1 aliphatic rings. The van der Waals surface area contributed by atoms with E-state index in [1.807, 2.05) is 49.1 Å². The summed E-state index contributed by atoms with van der Waals surface area (Å²) in [7, 11) is 0. The highest BCUT2D eigenvalue weighted by molar-refractivity contribution is 5.93. The van der Waals surface area contributed by atoms with Crippen molar-refractivity contribution < 1.29 is 14.1 Å². The van der Waals surface area contributed by atoms with E-state index in [2.05, 4.69) is 5.16 Å². The molecular formula is C16H18N2O3. The maximum Gasteiger partial charge on any atom is 0.276 e. The Morgan fingerprint density at radius 3 is 2.52 bits per heavy atom. The zero-order valence-corrected chi connectivity index (χ0v) is 12.2. The Hall–Kier alpha value is -2.14. The van der Waals surface area contributed by atoms with E-state index in [4.69, 9.17) is 9.26 Å². The molecule has 1 aliphatic heterocycles. The van der Waals surface area contributed by atoms with Gasteiger partial charge in [-0.3, -0.25) is 4.79 Å². The molecule has 110 valence electrons. The van der Waals surface area contributed by atoms with Crippen LogP contribution >= 0.6 is 0 Å². The molecule has 1 amide bonds. The monoisotopic (exact) mass is 286 g/mol. The van der Waals surface area contributed by atoms with E-state index in [0.29, 0.717) is 24.7 Å². The summed E-state index contributed by atoms with van der Waals surface area (Å²) in [5.74, 6) is 0.497. The number of amides is 1. The highest BCUT2D eigenvalue weighted by Gasteiger charge is 2.32. The lowest BCUT2D eigenvalue weighted by Gasteiger charge is -2.38. The summed E-state index contributed by atoms with van der Waals surface area (Å²) in [6.45, 7) is 5.07. The molecule has 3 rings (SSSR count). The van der Waals surface area contributed by atoms with Crippen LogP contribution < -0.4 is 0 Å². The van der Waals surface area contributed by atoms with Gasteiger partial charge in [0, 0.05) is 11.6 Å². The van der Waals surface area contributed by atoms with Crippen LogP contribution in [0.2, 0.25) is 0 Å². The Bertz CT molecular complexity index is 613. The maximum absolute atomic E-state index is 12.6. The molecule has 0 N–H and O–H groups in total. The van der Waals surface area contributed by atoms with Crippen LogP contribution in [-0.4, -0.2) is 41.3 Å². The molecule has 0 radical (unpaired) electrons. The number of hydrogen-bond acceptors (Lipinski definition) is 4. The molecule has 2 atom stereocenters. The molecule has 0 aliphatic carbocycles. The van der Waals surface area contributed by atoms with Crippen LogP contribution in [-0.2, 0) is 4.74 Å². The lowest BCUT2D eigenvalue weighted by Crippen LogP contribution is -2.52. The van der Waals surface area contributed by atoms with Crippen molar-refractivity contribution in [3.05, 3.63) is 42.1 Å². The van der Waals surface area contributed by atoms with Crippen molar-refractivity contribution in [2.45, 2.75) is 25.9 Å². The van der Waals surface area contributed by atoms with E-state index in [1.54, 1.807) is 6.07 Å². The Balaban J connectivity index is 1.84. The lowest BCUT2D eigenvalue weighted by atomic mass is 10.1. The highest BCUT2D eigenvalue weighted by Crippen LogP contribution is 2.22. The summed E-state index contributed by atoms with van der Waals surface area (Å²) in [4.78, 5) is 14.4. The van der Waals surface area contributed by atoms with Gasteiger partial charge in [0.05, 0.1) is 25.3 Å². The topological polar surface area (TPSA) is 55.6 Å². The summed E-state index contributed by atoms with van der Waals surface area (Å²) >= 11 is 0. The first kappa shape index (κ1) is 13.8. The molecule has 2 unspecified atom stereocenters. The van der Waals surface area contributed by atoms with Gasteiger partial charge in [0.1, 0.15) is 0 Å². The molecule has 5 nitrogen and oxygen atoms in total. The van der Waals surface area contributed by atoms with Gasteiger partial charge in [-0.15, -0.1) is 0 Å². The van der Waals surface area contributed by atoms with Crippen molar-refractivity contribution in [1.82, 2.24) is 10.1 Å². The van der Waals surface area contributed by atoms with Crippen molar-refractivity contribution in [1.29, 1.82) is 0 Å². The molecule has 0 spiro atoms. The predicted octanol–water partition coefficient (Wildman–Crippen LogP) is 2.59. The van der Waals surface area contributed by atoms with Gasteiger partial charge in [0.2, 0.25) is 0 Å². The first-order chi connectivity index (χ1) is 10.2. The third kappa shape index (κ3) is 2.69. The Kier molecular flexibility index (Phi) is 3.75. The van der Waals surface area contributed by atoms with Crippen LogP contribution in [0.4, 0.5) is 0 Å². The lowest BCUT2D eigenvalue weighted by molar-refractivity contribution is -0.0253. The second-order valence-corrected chi connectivity index (χ2v) is 5.39. The van der Waals surface area contributed by atoms with E-state index in [1.165, 1.54) is 0 Å². The van der Waals surface area contributed by atoms with Crippen molar-refractivity contribution >= 4 is 5.91 Å². The van der Waals surface area contributed by atoms with Crippen LogP contribution in [0.25, 0.3) is 11.3 Å².